The first kappa shape index (κ1) is 11.3. The van der Waals surface area contributed by atoms with Crippen LogP contribution in [0.5, 0.6) is 0 Å². The Kier molecular flexibility index (Phi) is 2.49. The number of carbonyl (C=O) groups excluding carboxylic acids is 1. The number of hydrogen-bond donors (Lipinski definition) is 1. The average molecular weight is 253 g/mol. The topological polar surface area (TPSA) is 86.7 Å². The highest BCUT2D eigenvalue weighted by molar-refractivity contribution is 5.97. The van der Waals surface area contributed by atoms with Gasteiger partial charge >= 0.3 is 0 Å². The van der Waals surface area contributed by atoms with Gasteiger partial charge in [0, 0.05) is 17.8 Å². The SMILES string of the molecule is Cc1nccc(C(N)=O)c1-n1ncc2cccnc21. The van der Waals surface area contributed by atoms with Crippen LogP contribution in [0.15, 0.2) is 36.8 Å². The van der Waals surface area contributed by atoms with Crippen molar-refractivity contribution in [2.24, 2.45) is 5.73 Å². The lowest BCUT2D eigenvalue weighted by atomic mass is 10.1. The molecule has 0 aliphatic heterocycles. The fourth-order valence-corrected chi connectivity index (χ4v) is 2.05. The Morgan fingerprint density at radius 2 is 2.11 bits per heavy atom. The Labute approximate surface area is 108 Å². The van der Waals surface area contributed by atoms with Gasteiger partial charge in [0.15, 0.2) is 5.65 Å². The Bertz CT molecular complexity index is 778. The third kappa shape index (κ3) is 1.74. The number of aryl methyl sites for hydroxylation is 1. The molecule has 1 amide bonds. The minimum Gasteiger partial charge on any atom is -0.366 e. The van der Waals surface area contributed by atoms with Crippen molar-refractivity contribution in [2.45, 2.75) is 6.92 Å². The van der Waals surface area contributed by atoms with E-state index in [1.54, 1.807) is 36.3 Å². The number of rotatable bonds is 2. The van der Waals surface area contributed by atoms with Crippen LogP contribution >= 0.6 is 0 Å². The zero-order valence-electron chi connectivity index (χ0n) is 10.2. The standard InChI is InChI=1S/C13H11N5O/c1-8-11(10(12(14)19)4-6-15-8)18-13-9(7-17-18)3-2-5-16-13/h2-7H,1H3,(H2,14,19). The van der Waals surface area contributed by atoms with Gasteiger partial charge in [-0.25, -0.2) is 9.67 Å². The maximum Gasteiger partial charge on any atom is 0.251 e. The lowest BCUT2D eigenvalue weighted by Crippen LogP contribution is -2.17. The van der Waals surface area contributed by atoms with Gasteiger partial charge in [-0.1, -0.05) is 0 Å². The van der Waals surface area contributed by atoms with Crippen molar-refractivity contribution in [2.75, 3.05) is 0 Å². The van der Waals surface area contributed by atoms with Crippen molar-refractivity contribution in [3.8, 4) is 5.69 Å². The van der Waals surface area contributed by atoms with Crippen molar-refractivity contribution in [1.82, 2.24) is 19.7 Å². The summed E-state index contributed by atoms with van der Waals surface area (Å²) < 4.78 is 1.60. The normalized spacial score (nSPS) is 10.8. The van der Waals surface area contributed by atoms with Gasteiger partial charge in [0.2, 0.25) is 0 Å². The molecular formula is C13H11N5O. The van der Waals surface area contributed by atoms with Gasteiger partial charge in [0.1, 0.15) is 5.69 Å². The second-order valence-electron chi connectivity index (χ2n) is 4.13. The number of hydrogen-bond acceptors (Lipinski definition) is 4. The van der Waals surface area contributed by atoms with Crippen LogP contribution in [-0.2, 0) is 0 Å². The van der Waals surface area contributed by atoms with E-state index in [1.807, 2.05) is 12.1 Å². The molecule has 0 saturated heterocycles. The Morgan fingerprint density at radius 3 is 2.89 bits per heavy atom. The van der Waals surface area contributed by atoms with E-state index in [2.05, 4.69) is 15.1 Å². The highest BCUT2D eigenvalue weighted by Crippen LogP contribution is 2.21. The van der Waals surface area contributed by atoms with Crippen molar-refractivity contribution in [1.29, 1.82) is 0 Å². The van der Waals surface area contributed by atoms with Gasteiger partial charge in [-0.2, -0.15) is 5.10 Å². The van der Waals surface area contributed by atoms with E-state index in [4.69, 9.17) is 5.73 Å². The van der Waals surface area contributed by atoms with Crippen LogP contribution in [-0.4, -0.2) is 25.7 Å². The summed E-state index contributed by atoms with van der Waals surface area (Å²) in [4.78, 5) is 20.0. The summed E-state index contributed by atoms with van der Waals surface area (Å²) in [7, 11) is 0. The van der Waals surface area contributed by atoms with Crippen molar-refractivity contribution in [3.05, 3.63) is 48.0 Å². The summed E-state index contributed by atoms with van der Waals surface area (Å²) in [5.74, 6) is -0.514. The number of fused-ring (bicyclic) bond motifs is 1. The van der Waals surface area contributed by atoms with Crippen LogP contribution in [0, 0.1) is 6.92 Å². The van der Waals surface area contributed by atoms with Crippen LogP contribution in [0.2, 0.25) is 0 Å². The third-order valence-electron chi connectivity index (χ3n) is 2.91. The third-order valence-corrected chi connectivity index (χ3v) is 2.91. The van der Waals surface area contributed by atoms with Crippen LogP contribution < -0.4 is 5.73 Å². The summed E-state index contributed by atoms with van der Waals surface area (Å²) in [5.41, 5.74) is 7.70. The molecule has 0 bridgehead atoms. The monoisotopic (exact) mass is 253 g/mol. The molecule has 3 aromatic rings. The van der Waals surface area contributed by atoms with E-state index >= 15 is 0 Å². The lowest BCUT2D eigenvalue weighted by molar-refractivity contribution is 0.1000. The molecule has 0 aliphatic rings. The minimum absolute atomic E-state index is 0.378. The first-order valence-corrected chi connectivity index (χ1v) is 5.73. The molecule has 0 unspecified atom stereocenters. The molecule has 3 aromatic heterocycles. The maximum atomic E-state index is 11.5. The second-order valence-corrected chi connectivity index (χ2v) is 4.13. The van der Waals surface area contributed by atoms with Crippen LogP contribution in [0.1, 0.15) is 16.1 Å². The number of nitrogens with two attached hydrogens (primary N) is 1. The number of pyridine rings is 2. The Balaban J connectivity index is 2.36. The Morgan fingerprint density at radius 1 is 1.26 bits per heavy atom. The van der Waals surface area contributed by atoms with Gasteiger partial charge in [-0.3, -0.25) is 9.78 Å². The molecular weight excluding hydrogens is 242 g/mol. The van der Waals surface area contributed by atoms with Crippen LogP contribution in [0.3, 0.4) is 0 Å². The molecule has 3 rings (SSSR count). The van der Waals surface area contributed by atoms with Crippen molar-refractivity contribution < 1.29 is 4.79 Å². The zero-order chi connectivity index (χ0) is 13.4. The average Bonchev–Trinajstić information content (AvgIpc) is 2.82. The molecule has 0 spiro atoms. The molecule has 3 heterocycles. The number of primary amides is 1. The molecule has 6 heteroatoms. The fraction of sp³-hybridized carbons (Fsp3) is 0.0769. The summed E-state index contributed by atoms with van der Waals surface area (Å²) in [6.45, 7) is 1.80. The van der Waals surface area contributed by atoms with Crippen molar-refractivity contribution >= 4 is 16.9 Å². The molecule has 94 valence electrons. The number of carbonyl (C=O) groups is 1. The van der Waals surface area contributed by atoms with Gasteiger partial charge in [-0.05, 0) is 25.1 Å². The summed E-state index contributed by atoms with van der Waals surface area (Å²) in [5, 5.41) is 5.17. The second kappa shape index (κ2) is 4.16. The quantitative estimate of drug-likeness (QED) is 0.744. The number of aromatic nitrogens is 4. The first-order valence-electron chi connectivity index (χ1n) is 5.73. The van der Waals surface area contributed by atoms with Crippen molar-refractivity contribution in [3.63, 3.8) is 0 Å². The molecule has 19 heavy (non-hydrogen) atoms. The molecule has 0 radical (unpaired) electrons. The van der Waals surface area contributed by atoms with Crippen LogP contribution in [0.4, 0.5) is 0 Å². The van der Waals surface area contributed by atoms with Gasteiger partial charge in [-0.15, -0.1) is 0 Å². The lowest BCUT2D eigenvalue weighted by Gasteiger charge is -2.09. The predicted molar refractivity (Wildman–Crippen MR) is 69.9 cm³/mol. The van der Waals surface area contributed by atoms with E-state index in [1.165, 1.54) is 0 Å². The number of nitrogens with zero attached hydrogens (tertiary/aromatic N) is 4. The summed E-state index contributed by atoms with van der Waals surface area (Å²) in [6.07, 6.45) is 4.92. The minimum atomic E-state index is -0.514. The van der Waals surface area contributed by atoms with E-state index < -0.39 is 5.91 Å². The first-order chi connectivity index (χ1) is 9.18. The summed E-state index contributed by atoms with van der Waals surface area (Å²) >= 11 is 0. The molecule has 0 aliphatic carbocycles. The van der Waals surface area contributed by atoms with Crippen LogP contribution in [0.25, 0.3) is 16.7 Å². The zero-order valence-corrected chi connectivity index (χ0v) is 10.2. The molecule has 2 N–H and O–H groups in total. The molecule has 0 aromatic carbocycles. The molecule has 0 fully saturated rings. The maximum absolute atomic E-state index is 11.5. The fourth-order valence-electron chi connectivity index (χ4n) is 2.05. The largest absolute Gasteiger partial charge is 0.366 e. The summed E-state index contributed by atoms with van der Waals surface area (Å²) in [6, 6.07) is 5.32. The van der Waals surface area contributed by atoms with Gasteiger partial charge in [0.05, 0.1) is 17.5 Å². The highest BCUT2D eigenvalue weighted by Gasteiger charge is 2.16. The van der Waals surface area contributed by atoms with Gasteiger partial charge in [0.25, 0.3) is 5.91 Å². The van der Waals surface area contributed by atoms with Gasteiger partial charge < -0.3 is 5.73 Å². The molecule has 0 atom stereocenters. The predicted octanol–water partition coefficient (Wildman–Crippen LogP) is 1.22. The molecule has 0 saturated carbocycles. The van der Waals surface area contributed by atoms with E-state index in [0.717, 1.165) is 5.39 Å². The van der Waals surface area contributed by atoms with E-state index in [9.17, 15) is 4.79 Å². The molecule has 6 nitrogen and oxygen atoms in total. The highest BCUT2D eigenvalue weighted by atomic mass is 16.1. The number of amides is 1. The Hall–Kier alpha value is -2.76. The van der Waals surface area contributed by atoms with E-state index in [0.29, 0.717) is 22.6 Å². The van der Waals surface area contributed by atoms with E-state index in [-0.39, 0.29) is 0 Å². The smallest absolute Gasteiger partial charge is 0.251 e.